The lowest BCUT2D eigenvalue weighted by Crippen LogP contribution is -2.44. The summed E-state index contributed by atoms with van der Waals surface area (Å²) < 4.78 is 0. The van der Waals surface area contributed by atoms with Crippen LogP contribution in [0.15, 0.2) is 30.3 Å². The summed E-state index contributed by atoms with van der Waals surface area (Å²) in [6.07, 6.45) is 1.19. The van der Waals surface area contributed by atoms with Crippen molar-refractivity contribution in [1.82, 2.24) is 10.2 Å². The van der Waals surface area contributed by atoms with Gasteiger partial charge in [0.1, 0.15) is 6.04 Å². The highest BCUT2D eigenvalue weighted by molar-refractivity contribution is 5.83. The minimum absolute atomic E-state index is 0.154. The van der Waals surface area contributed by atoms with E-state index in [0.717, 1.165) is 5.56 Å². The van der Waals surface area contributed by atoms with Gasteiger partial charge in [0.25, 0.3) is 0 Å². The van der Waals surface area contributed by atoms with Gasteiger partial charge in [-0.3, -0.25) is 9.59 Å². The second kappa shape index (κ2) is 5.90. The van der Waals surface area contributed by atoms with E-state index in [1.165, 1.54) is 4.90 Å². The molecule has 2 amide bonds. The van der Waals surface area contributed by atoms with Crippen molar-refractivity contribution < 1.29 is 9.59 Å². The van der Waals surface area contributed by atoms with Crippen molar-refractivity contribution in [2.75, 3.05) is 14.1 Å². The molecule has 0 fully saturated rings. The Morgan fingerprint density at radius 1 is 1.44 bits per heavy atom. The number of rotatable bonds is 5. The van der Waals surface area contributed by atoms with Crippen LogP contribution in [0.5, 0.6) is 0 Å². The molecule has 0 heterocycles. The SMILES string of the molecule is CNC(=O)[C@H](Cc1ccccc1)N(C)C=O. The topological polar surface area (TPSA) is 49.4 Å². The average Bonchev–Trinajstić information content (AvgIpc) is 2.35. The van der Waals surface area contributed by atoms with Crippen molar-refractivity contribution in [2.24, 2.45) is 0 Å². The molecule has 86 valence electrons. The predicted molar refractivity (Wildman–Crippen MR) is 61.8 cm³/mol. The molecular weight excluding hydrogens is 204 g/mol. The highest BCUT2D eigenvalue weighted by Crippen LogP contribution is 2.06. The molecule has 0 aliphatic rings. The summed E-state index contributed by atoms with van der Waals surface area (Å²) in [5.41, 5.74) is 1.03. The van der Waals surface area contributed by atoms with Crippen molar-refractivity contribution >= 4 is 12.3 Å². The number of hydrogen-bond acceptors (Lipinski definition) is 2. The van der Waals surface area contributed by atoms with Gasteiger partial charge in [-0.15, -0.1) is 0 Å². The molecule has 1 N–H and O–H groups in total. The maximum absolute atomic E-state index is 11.6. The number of carbonyl (C=O) groups is 2. The van der Waals surface area contributed by atoms with E-state index < -0.39 is 6.04 Å². The number of benzene rings is 1. The molecule has 0 spiro atoms. The Bertz CT molecular complexity index is 351. The second-order valence-electron chi connectivity index (χ2n) is 3.59. The lowest BCUT2D eigenvalue weighted by molar-refractivity contribution is -0.131. The van der Waals surface area contributed by atoms with Crippen LogP contribution in [0.25, 0.3) is 0 Å². The summed E-state index contributed by atoms with van der Waals surface area (Å²) in [5, 5.41) is 2.56. The van der Waals surface area contributed by atoms with Gasteiger partial charge in [0, 0.05) is 20.5 Å². The molecule has 0 aromatic heterocycles. The molecule has 0 aliphatic carbocycles. The van der Waals surface area contributed by atoms with E-state index in [4.69, 9.17) is 0 Å². The van der Waals surface area contributed by atoms with Gasteiger partial charge < -0.3 is 10.2 Å². The zero-order valence-corrected chi connectivity index (χ0v) is 9.51. The Labute approximate surface area is 95.3 Å². The number of carbonyl (C=O) groups excluding carboxylic acids is 2. The van der Waals surface area contributed by atoms with Crippen molar-refractivity contribution in [2.45, 2.75) is 12.5 Å². The smallest absolute Gasteiger partial charge is 0.242 e. The van der Waals surface area contributed by atoms with Crippen LogP contribution in [0.4, 0.5) is 0 Å². The molecule has 0 saturated heterocycles. The lowest BCUT2D eigenvalue weighted by atomic mass is 10.0. The normalized spacial score (nSPS) is 11.6. The maximum Gasteiger partial charge on any atom is 0.242 e. The number of likely N-dealkylation sites (N-methyl/N-ethyl adjacent to an activating group) is 2. The third kappa shape index (κ3) is 3.08. The summed E-state index contributed by atoms with van der Waals surface area (Å²) in [7, 11) is 3.18. The molecule has 16 heavy (non-hydrogen) atoms. The summed E-state index contributed by atoms with van der Waals surface area (Å²) in [5.74, 6) is -0.154. The van der Waals surface area contributed by atoms with Crippen molar-refractivity contribution in [3.63, 3.8) is 0 Å². The molecular formula is C12H16N2O2. The molecule has 1 aromatic carbocycles. The molecule has 0 saturated carbocycles. The number of amides is 2. The van der Waals surface area contributed by atoms with Gasteiger partial charge >= 0.3 is 0 Å². The first-order valence-corrected chi connectivity index (χ1v) is 5.11. The highest BCUT2D eigenvalue weighted by Gasteiger charge is 2.21. The van der Waals surface area contributed by atoms with E-state index in [0.29, 0.717) is 12.8 Å². The Kier molecular flexibility index (Phi) is 4.51. The molecule has 0 unspecified atom stereocenters. The van der Waals surface area contributed by atoms with Crippen LogP contribution >= 0.6 is 0 Å². The fourth-order valence-corrected chi connectivity index (χ4v) is 1.50. The second-order valence-corrected chi connectivity index (χ2v) is 3.59. The van der Waals surface area contributed by atoms with Gasteiger partial charge in [0.2, 0.25) is 12.3 Å². The zero-order chi connectivity index (χ0) is 12.0. The van der Waals surface area contributed by atoms with E-state index in [9.17, 15) is 9.59 Å². The summed E-state index contributed by atoms with van der Waals surface area (Å²) >= 11 is 0. The summed E-state index contributed by atoms with van der Waals surface area (Å²) in [6.45, 7) is 0. The Hall–Kier alpha value is -1.84. The van der Waals surface area contributed by atoms with Gasteiger partial charge in [-0.1, -0.05) is 30.3 Å². The van der Waals surface area contributed by atoms with Crippen LogP contribution in [-0.2, 0) is 16.0 Å². The van der Waals surface area contributed by atoms with Crippen molar-refractivity contribution in [3.8, 4) is 0 Å². The van der Waals surface area contributed by atoms with Crippen LogP contribution in [-0.4, -0.2) is 37.4 Å². The monoisotopic (exact) mass is 220 g/mol. The minimum Gasteiger partial charge on any atom is -0.357 e. The Morgan fingerprint density at radius 3 is 2.56 bits per heavy atom. The van der Waals surface area contributed by atoms with Gasteiger partial charge in [0.15, 0.2) is 0 Å². The maximum atomic E-state index is 11.6. The summed E-state index contributed by atoms with van der Waals surface area (Å²) in [6, 6.07) is 9.17. The average molecular weight is 220 g/mol. The molecule has 1 rings (SSSR count). The minimum atomic E-state index is -0.454. The quantitative estimate of drug-likeness (QED) is 0.732. The first kappa shape index (κ1) is 12.2. The lowest BCUT2D eigenvalue weighted by Gasteiger charge is -2.22. The first-order chi connectivity index (χ1) is 7.69. The molecule has 4 nitrogen and oxygen atoms in total. The Balaban J connectivity index is 2.79. The summed E-state index contributed by atoms with van der Waals surface area (Å²) in [4.78, 5) is 23.7. The zero-order valence-electron chi connectivity index (χ0n) is 9.51. The molecule has 0 radical (unpaired) electrons. The molecule has 0 aliphatic heterocycles. The van der Waals surface area contributed by atoms with Gasteiger partial charge in [-0.25, -0.2) is 0 Å². The van der Waals surface area contributed by atoms with Gasteiger partial charge in [-0.05, 0) is 5.56 Å². The van der Waals surface area contributed by atoms with Crippen LogP contribution in [0.2, 0.25) is 0 Å². The van der Waals surface area contributed by atoms with Crippen LogP contribution in [0, 0.1) is 0 Å². The Morgan fingerprint density at radius 2 is 2.06 bits per heavy atom. The molecule has 4 heteroatoms. The predicted octanol–water partition coefficient (Wildman–Crippen LogP) is 0.432. The largest absolute Gasteiger partial charge is 0.357 e. The third-order valence-electron chi connectivity index (χ3n) is 2.48. The fourth-order valence-electron chi connectivity index (χ4n) is 1.50. The molecule has 0 bridgehead atoms. The highest BCUT2D eigenvalue weighted by atomic mass is 16.2. The van der Waals surface area contributed by atoms with E-state index in [1.54, 1.807) is 14.1 Å². The first-order valence-electron chi connectivity index (χ1n) is 5.11. The standard InChI is InChI=1S/C12H16N2O2/c1-13-12(16)11(14(2)9-15)8-10-6-4-3-5-7-10/h3-7,9,11H,8H2,1-2H3,(H,13,16)/t11-/m0/s1. The number of nitrogens with one attached hydrogen (secondary N) is 1. The molecule has 1 aromatic rings. The third-order valence-corrected chi connectivity index (χ3v) is 2.48. The van der Waals surface area contributed by atoms with Crippen LogP contribution in [0.3, 0.4) is 0 Å². The van der Waals surface area contributed by atoms with Crippen molar-refractivity contribution in [1.29, 1.82) is 0 Å². The van der Waals surface area contributed by atoms with Crippen molar-refractivity contribution in [3.05, 3.63) is 35.9 Å². The van der Waals surface area contributed by atoms with Gasteiger partial charge in [-0.2, -0.15) is 0 Å². The molecule has 1 atom stereocenters. The van der Waals surface area contributed by atoms with Crippen LogP contribution in [0.1, 0.15) is 5.56 Å². The van der Waals surface area contributed by atoms with E-state index in [-0.39, 0.29) is 5.91 Å². The van der Waals surface area contributed by atoms with Crippen LogP contribution < -0.4 is 5.32 Å². The fraction of sp³-hybridized carbons (Fsp3) is 0.333. The number of nitrogens with zero attached hydrogens (tertiary/aromatic N) is 1. The number of hydrogen-bond donors (Lipinski definition) is 1. The van der Waals surface area contributed by atoms with Gasteiger partial charge in [0.05, 0.1) is 0 Å². The van der Waals surface area contributed by atoms with E-state index in [2.05, 4.69) is 5.32 Å². The van der Waals surface area contributed by atoms with E-state index >= 15 is 0 Å². The van der Waals surface area contributed by atoms with E-state index in [1.807, 2.05) is 30.3 Å².